The van der Waals surface area contributed by atoms with Crippen LogP contribution in [0.1, 0.15) is 49.7 Å². The first kappa shape index (κ1) is 21.4. The molecular weight excluding hydrogens is 350 g/mol. The number of benzene rings is 2. The lowest BCUT2D eigenvalue weighted by atomic mass is 9.91. The third-order valence-corrected chi connectivity index (χ3v) is 4.80. The van der Waals surface area contributed by atoms with Crippen LogP contribution in [-0.2, 0) is 11.3 Å². The van der Waals surface area contributed by atoms with Crippen LogP contribution in [0.5, 0.6) is 5.75 Å². The van der Waals surface area contributed by atoms with Crippen LogP contribution in [0.3, 0.4) is 0 Å². The zero-order chi connectivity index (χ0) is 19.8. The van der Waals surface area contributed by atoms with Gasteiger partial charge in [-0.3, -0.25) is 9.59 Å². The first-order valence-electron chi connectivity index (χ1n) is 9.02. The summed E-state index contributed by atoms with van der Waals surface area (Å²) in [5.41, 5.74) is 2.71. The first-order chi connectivity index (χ1) is 12.7. The van der Waals surface area contributed by atoms with Crippen LogP contribution >= 0.6 is 0 Å². The van der Waals surface area contributed by atoms with Gasteiger partial charge >= 0.3 is 0 Å². The van der Waals surface area contributed by atoms with Crippen molar-refractivity contribution in [3.63, 3.8) is 0 Å². The van der Waals surface area contributed by atoms with Crippen LogP contribution in [0.25, 0.3) is 10.9 Å². The fourth-order valence-corrected chi connectivity index (χ4v) is 2.96. The van der Waals surface area contributed by atoms with E-state index in [9.17, 15) is 9.59 Å². The Morgan fingerprint density at radius 3 is 2.25 bits per heavy atom. The predicted octanol–water partition coefficient (Wildman–Crippen LogP) is 5.44. The molecule has 0 N–H and O–H groups in total. The lowest BCUT2D eigenvalue weighted by Crippen LogP contribution is -2.24. The number of ether oxygens (including phenoxy) is 1. The summed E-state index contributed by atoms with van der Waals surface area (Å²) in [6.45, 7) is 7.92. The molecule has 4 nitrogen and oxygen atoms in total. The number of nitrogens with zero attached hydrogens (tertiary/aromatic N) is 1. The number of aryl methyl sites for hydroxylation is 1. The standard InChI is InChI=1S/C23H25NO3.CH4/c1-15-6-8-16(9-7-15)22(26)19-13-24(14-21(25)23(2,3)4)20-12-17(27-5)10-11-18(19)20;/h6-13H,14H2,1-5H3;1H4. The van der Waals surface area contributed by atoms with Crippen LogP contribution in [0.15, 0.2) is 48.7 Å². The molecule has 3 rings (SSSR count). The number of hydrogen-bond acceptors (Lipinski definition) is 3. The molecule has 3 aromatic rings. The van der Waals surface area contributed by atoms with Crippen molar-refractivity contribution in [2.45, 2.75) is 41.7 Å². The summed E-state index contributed by atoms with van der Waals surface area (Å²) in [5, 5.41) is 0.822. The smallest absolute Gasteiger partial charge is 0.195 e. The summed E-state index contributed by atoms with van der Waals surface area (Å²) in [6, 6.07) is 13.1. The van der Waals surface area contributed by atoms with Gasteiger partial charge in [0.05, 0.1) is 19.2 Å². The van der Waals surface area contributed by atoms with Crippen molar-refractivity contribution in [1.29, 1.82) is 0 Å². The Hall–Kier alpha value is -2.88. The third-order valence-electron chi connectivity index (χ3n) is 4.80. The summed E-state index contributed by atoms with van der Waals surface area (Å²) in [4.78, 5) is 25.7. The van der Waals surface area contributed by atoms with Gasteiger partial charge in [-0.1, -0.05) is 58.0 Å². The summed E-state index contributed by atoms with van der Waals surface area (Å²) in [6.07, 6.45) is 1.79. The molecule has 0 amide bonds. The molecule has 148 valence electrons. The maximum atomic E-state index is 13.1. The molecule has 0 saturated heterocycles. The Bertz CT molecular complexity index is 1000. The van der Waals surface area contributed by atoms with Gasteiger partial charge in [0.15, 0.2) is 11.6 Å². The highest BCUT2D eigenvalue weighted by molar-refractivity contribution is 6.16. The number of fused-ring (bicyclic) bond motifs is 1. The topological polar surface area (TPSA) is 48.3 Å². The molecule has 4 heteroatoms. The third kappa shape index (κ3) is 4.16. The van der Waals surface area contributed by atoms with Gasteiger partial charge in [-0.05, 0) is 19.1 Å². The first-order valence-corrected chi connectivity index (χ1v) is 9.02. The minimum atomic E-state index is -0.448. The van der Waals surface area contributed by atoms with Crippen molar-refractivity contribution in [3.05, 3.63) is 65.4 Å². The van der Waals surface area contributed by atoms with E-state index in [1.54, 1.807) is 13.3 Å². The zero-order valence-electron chi connectivity index (χ0n) is 16.5. The highest BCUT2D eigenvalue weighted by Crippen LogP contribution is 2.29. The Kier molecular flexibility index (Phi) is 6.13. The Labute approximate surface area is 167 Å². The van der Waals surface area contributed by atoms with E-state index >= 15 is 0 Å². The molecule has 1 aromatic heterocycles. The second-order valence-corrected chi connectivity index (χ2v) is 7.92. The number of ketones is 2. The SMILES string of the molecule is C.COc1ccc2c(C(=O)c3ccc(C)cc3)cn(CC(=O)C(C)(C)C)c2c1. The van der Waals surface area contributed by atoms with Crippen molar-refractivity contribution in [3.8, 4) is 5.75 Å². The Morgan fingerprint density at radius 1 is 1.04 bits per heavy atom. The summed E-state index contributed by atoms with van der Waals surface area (Å²) < 4.78 is 7.19. The van der Waals surface area contributed by atoms with Gasteiger partial charge in [-0.25, -0.2) is 0 Å². The lowest BCUT2D eigenvalue weighted by Gasteiger charge is -2.17. The molecular formula is C24H29NO3. The molecule has 0 spiro atoms. The Balaban J connectivity index is 0.00000280. The molecule has 0 unspecified atom stereocenters. The van der Waals surface area contributed by atoms with E-state index in [0.717, 1.165) is 16.5 Å². The monoisotopic (exact) mass is 379 g/mol. The van der Waals surface area contributed by atoms with Crippen molar-refractivity contribution >= 4 is 22.5 Å². The van der Waals surface area contributed by atoms with Crippen molar-refractivity contribution in [2.24, 2.45) is 5.41 Å². The van der Waals surface area contributed by atoms with Crippen molar-refractivity contribution in [2.75, 3.05) is 7.11 Å². The second-order valence-electron chi connectivity index (χ2n) is 7.92. The van der Waals surface area contributed by atoms with E-state index in [2.05, 4.69) is 0 Å². The molecule has 0 aliphatic carbocycles. The highest BCUT2D eigenvalue weighted by Gasteiger charge is 2.24. The number of aromatic nitrogens is 1. The largest absolute Gasteiger partial charge is 0.497 e. The van der Waals surface area contributed by atoms with E-state index in [0.29, 0.717) is 16.9 Å². The van der Waals surface area contributed by atoms with Gasteiger partial charge in [0, 0.05) is 34.2 Å². The summed E-state index contributed by atoms with van der Waals surface area (Å²) in [5.74, 6) is 0.753. The number of Topliss-reactive ketones (excluding diaryl/α,β-unsaturated/α-hetero) is 1. The number of carbonyl (C=O) groups excluding carboxylic acids is 2. The van der Waals surface area contributed by atoms with Crippen molar-refractivity contribution < 1.29 is 14.3 Å². The average Bonchev–Trinajstić information content (AvgIpc) is 2.98. The van der Waals surface area contributed by atoms with Gasteiger partial charge in [0.1, 0.15) is 5.75 Å². The fourth-order valence-electron chi connectivity index (χ4n) is 2.96. The predicted molar refractivity (Wildman–Crippen MR) is 114 cm³/mol. The lowest BCUT2D eigenvalue weighted by molar-refractivity contribution is -0.126. The minimum absolute atomic E-state index is 0. The number of hydrogen-bond donors (Lipinski definition) is 0. The fraction of sp³-hybridized carbons (Fsp3) is 0.333. The molecule has 28 heavy (non-hydrogen) atoms. The molecule has 0 aliphatic heterocycles. The van der Waals surface area contributed by atoms with Crippen LogP contribution in [0, 0.1) is 12.3 Å². The van der Waals surface area contributed by atoms with E-state index in [1.165, 1.54) is 0 Å². The van der Waals surface area contributed by atoms with Crippen LogP contribution in [0.2, 0.25) is 0 Å². The van der Waals surface area contributed by atoms with E-state index in [-0.39, 0.29) is 25.5 Å². The average molecular weight is 380 g/mol. The molecule has 0 saturated carbocycles. The van der Waals surface area contributed by atoms with Gasteiger partial charge in [-0.2, -0.15) is 0 Å². The van der Waals surface area contributed by atoms with Gasteiger partial charge in [0.2, 0.25) is 0 Å². The van der Waals surface area contributed by atoms with Crippen molar-refractivity contribution in [1.82, 2.24) is 4.57 Å². The molecule has 0 bridgehead atoms. The van der Waals surface area contributed by atoms with Crippen LogP contribution < -0.4 is 4.74 Å². The van der Waals surface area contributed by atoms with Crippen LogP contribution in [0.4, 0.5) is 0 Å². The van der Waals surface area contributed by atoms with Crippen LogP contribution in [-0.4, -0.2) is 23.2 Å². The number of carbonyl (C=O) groups is 2. The van der Waals surface area contributed by atoms with E-state index in [1.807, 2.05) is 74.7 Å². The quantitative estimate of drug-likeness (QED) is 0.555. The normalized spacial score (nSPS) is 11.2. The number of methoxy groups -OCH3 is 1. The zero-order valence-corrected chi connectivity index (χ0v) is 16.5. The van der Waals surface area contributed by atoms with Gasteiger partial charge in [-0.15, -0.1) is 0 Å². The molecule has 0 atom stereocenters. The minimum Gasteiger partial charge on any atom is -0.497 e. The van der Waals surface area contributed by atoms with E-state index < -0.39 is 5.41 Å². The number of rotatable bonds is 5. The molecule has 0 fully saturated rings. The van der Waals surface area contributed by atoms with Gasteiger partial charge < -0.3 is 9.30 Å². The highest BCUT2D eigenvalue weighted by atomic mass is 16.5. The molecule has 0 radical (unpaired) electrons. The molecule has 0 aliphatic rings. The Morgan fingerprint density at radius 2 is 1.68 bits per heavy atom. The van der Waals surface area contributed by atoms with Gasteiger partial charge in [0.25, 0.3) is 0 Å². The van der Waals surface area contributed by atoms with E-state index in [4.69, 9.17) is 4.74 Å². The maximum Gasteiger partial charge on any atom is 0.195 e. The molecule has 1 heterocycles. The molecule has 2 aromatic carbocycles. The summed E-state index contributed by atoms with van der Waals surface area (Å²) in [7, 11) is 1.60. The summed E-state index contributed by atoms with van der Waals surface area (Å²) >= 11 is 0. The maximum absolute atomic E-state index is 13.1. The second kappa shape index (κ2) is 8.01.